The molecule has 28 heavy (non-hydrogen) atoms. The number of aryl methyl sites for hydroxylation is 2. The lowest BCUT2D eigenvalue weighted by molar-refractivity contribution is -0.113. The third kappa shape index (κ3) is 4.45. The standard InChI is InChI=1S/C24H27N3O/c1-15(2)6-7-20-11-19(21-12-25-18(5)26-13-21)8-9-22(20)24-10-16(3)23(14-27-24)17(4)28/h8-15,27H,3,6-7H2,1-2,4-5H3. The number of carbonyl (C=O) groups excluding carboxylic acids is 1. The van der Waals surface area contributed by atoms with E-state index in [1.165, 1.54) is 5.56 Å². The van der Waals surface area contributed by atoms with Crippen molar-refractivity contribution in [3.8, 4) is 11.1 Å². The summed E-state index contributed by atoms with van der Waals surface area (Å²) >= 11 is 0. The van der Waals surface area contributed by atoms with E-state index in [-0.39, 0.29) is 5.78 Å². The van der Waals surface area contributed by atoms with Crippen LogP contribution in [0.25, 0.3) is 16.8 Å². The Morgan fingerprint density at radius 1 is 1.18 bits per heavy atom. The second-order valence-electron chi connectivity index (χ2n) is 7.67. The van der Waals surface area contributed by atoms with Crippen LogP contribution in [-0.2, 0) is 11.2 Å². The number of rotatable bonds is 6. The van der Waals surface area contributed by atoms with Gasteiger partial charge in [-0.1, -0.05) is 38.6 Å². The SMILES string of the molecule is C=C1C=C(c2ccc(-c3cnc(C)nc3)cc2CCC(C)C)NC=C1C(C)=O. The minimum absolute atomic E-state index is 0.0163. The summed E-state index contributed by atoms with van der Waals surface area (Å²) in [6, 6.07) is 6.45. The van der Waals surface area contributed by atoms with Gasteiger partial charge in [0.2, 0.25) is 0 Å². The first-order chi connectivity index (χ1) is 13.3. The normalized spacial score (nSPS) is 13.8. The molecule has 0 fully saturated rings. The van der Waals surface area contributed by atoms with Crippen molar-refractivity contribution in [3.05, 3.63) is 77.5 Å². The van der Waals surface area contributed by atoms with Crippen molar-refractivity contribution in [1.29, 1.82) is 0 Å². The molecule has 0 atom stereocenters. The van der Waals surface area contributed by atoms with Gasteiger partial charge in [0.25, 0.3) is 0 Å². The van der Waals surface area contributed by atoms with E-state index in [2.05, 4.69) is 53.9 Å². The third-order valence-corrected chi connectivity index (χ3v) is 4.92. The second kappa shape index (κ2) is 8.34. The number of aromatic nitrogens is 2. The largest absolute Gasteiger partial charge is 0.360 e. The van der Waals surface area contributed by atoms with Crippen molar-refractivity contribution in [3.63, 3.8) is 0 Å². The molecule has 4 nitrogen and oxygen atoms in total. The molecule has 4 heteroatoms. The molecule has 0 radical (unpaired) electrons. The molecular weight excluding hydrogens is 346 g/mol. The number of nitrogens with one attached hydrogen (secondary N) is 1. The first kappa shape index (κ1) is 19.7. The van der Waals surface area contributed by atoms with Gasteiger partial charge in [-0.15, -0.1) is 0 Å². The molecule has 1 aliphatic rings. The van der Waals surface area contributed by atoms with E-state index >= 15 is 0 Å². The smallest absolute Gasteiger partial charge is 0.161 e. The summed E-state index contributed by atoms with van der Waals surface area (Å²) in [6.45, 7) is 12.0. The van der Waals surface area contributed by atoms with Crippen LogP contribution in [0.5, 0.6) is 0 Å². The number of Topliss-reactive ketones (excluding diaryl/α,β-unsaturated/α-hetero) is 1. The van der Waals surface area contributed by atoms with Crippen molar-refractivity contribution in [2.45, 2.75) is 40.5 Å². The molecule has 0 aliphatic carbocycles. The fraction of sp³-hybridized carbons (Fsp3) is 0.292. The first-order valence-corrected chi connectivity index (χ1v) is 9.66. The molecule has 144 valence electrons. The number of carbonyl (C=O) groups is 1. The Balaban J connectivity index is 1.98. The quantitative estimate of drug-likeness (QED) is 0.773. The highest BCUT2D eigenvalue weighted by Crippen LogP contribution is 2.29. The highest BCUT2D eigenvalue weighted by Gasteiger charge is 2.16. The maximum absolute atomic E-state index is 11.7. The monoisotopic (exact) mass is 373 g/mol. The lowest BCUT2D eigenvalue weighted by atomic mass is 9.91. The van der Waals surface area contributed by atoms with Gasteiger partial charge in [0.05, 0.1) is 0 Å². The van der Waals surface area contributed by atoms with E-state index in [0.717, 1.165) is 46.6 Å². The Hall–Kier alpha value is -3.01. The molecule has 0 saturated carbocycles. The summed E-state index contributed by atoms with van der Waals surface area (Å²) in [5, 5.41) is 3.28. The van der Waals surface area contributed by atoms with E-state index in [4.69, 9.17) is 0 Å². The van der Waals surface area contributed by atoms with E-state index in [9.17, 15) is 4.79 Å². The Morgan fingerprint density at radius 2 is 1.89 bits per heavy atom. The summed E-state index contributed by atoms with van der Waals surface area (Å²) in [7, 11) is 0. The number of dihydropyridines is 1. The maximum Gasteiger partial charge on any atom is 0.161 e. The lowest BCUT2D eigenvalue weighted by Gasteiger charge is -2.20. The summed E-state index contributed by atoms with van der Waals surface area (Å²) < 4.78 is 0. The first-order valence-electron chi connectivity index (χ1n) is 9.66. The van der Waals surface area contributed by atoms with E-state index in [1.807, 2.05) is 25.4 Å². The summed E-state index contributed by atoms with van der Waals surface area (Å²) in [5.41, 5.74) is 6.86. The number of allylic oxidation sites excluding steroid dienone is 3. The number of hydrogen-bond donors (Lipinski definition) is 1. The number of benzene rings is 1. The van der Waals surface area contributed by atoms with Crippen molar-refractivity contribution in [2.24, 2.45) is 5.92 Å². The van der Waals surface area contributed by atoms with E-state index < -0.39 is 0 Å². The Morgan fingerprint density at radius 3 is 2.50 bits per heavy atom. The van der Waals surface area contributed by atoms with Crippen molar-refractivity contribution < 1.29 is 4.79 Å². The predicted molar refractivity (Wildman–Crippen MR) is 114 cm³/mol. The zero-order chi connectivity index (χ0) is 20.3. The summed E-state index contributed by atoms with van der Waals surface area (Å²) in [4.78, 5) is 20.4. The number of nitrogens with zero attached hydrogens (tertiary/aromatic N) is 2. The number of hydrogen-bond acceptors (Lipinski definition) is 4. The van der Waals surface area contributed by atoms with Crippen LogP contribution in [0.1, 0.15) is 44.1 Å². The second-order valence-corrected chi connectivity index (χ2v) is 7.67. The van der Waals surface area contributed by atoms with Crippen LogP contribution < -0.4 is 5.32 Å². The van der Waals surface area contributed by atoms with Gasteiger partial charge in [0, 0.05) is 41.0 Å². The minimum atomic E-state index is 0.0163. The van der Waals surface area contributed by atoms with Crippen LogP contribution in [-0.4, -0.2) is 15.8 Å². The molecule has 1 aromatic heterocycles. The highest BCUT2D eigenvalue weighted by atomic mass is 16.1. The average Bonchev–Trinajstić information content (AvgIpc) is 2.66. The van der Waals surface area contributed by atoms with Gasteiger partial charge in [-0.2, -0.15) is 0 Å². The van der Waals surface area contributed by atoms with Crippen LogP contribution in [0.15, 0.2) is 60.6 Å². The van der Waals surface area contributed by atoms with Gasteiger partial charge in [0.1, 0.15) is 5.82 Å². The molecule has 0 amide bonds. The molecule has 1 aromatic carbocycles. The van der Waals surface area contributed by atoms with Crippen LogP contribution in [0.2, 0.25) is 0 Å². The molecule has 0 bridgehead atoms. The van der Waals surface area contributed by atoms with Crippen molar-refractivity contribution in [1.82, 2.24) is 15.3 Å². The zero-order valence-electron chi connectivity index (χ0n) is 17.0. The topological polar surface area (TPSA) is 54.9 Å². The van der Waals surface area contributed by atoms with Gasteiger partial charge in [-0.05, 0) is 55.4 Å². The Bertz CT molecular complexity index is 966. The summed E-state index contributed by atoms with van der Waals surface area (Å²) in [5.74, 6) is 1.40. The zero-order valence-corrected chi connectivity index (χ0v) is 17.0. The van der Waals surface area contributed by atoms with Gasteiger partial charge in [0.15, 0.2) is 5.78 Å². The molecule has 0 unspecified atom stereocenters. The molecule has 2 aromatic rings. The van der Waals surface area contributed by atoms with Crippen LogP contribution >= 0.6 is 0 Å². The van der Waals surface area contributed by atoms with Crippen LogP contribution in [0.4, 0.5) is 0 Å². The lowest BCUT2D eigenvalue weighted by Crippen LogP contribution is -2.15. The Kier molecular flexibility index (Phi) is 5.88. The highest BCUT2D eigenvalue weighted by molar-refractivity contribution is 6.00. The average molecular weight is 374 g/mol. The fourth-order valence-corrected chi connectivity index (χ4v) is 3.25. The fourth-order valence-electron chi connectivity index (χ4n) is 3.25. The minimum Gasteiger partial charge on any atom is -0.360 e. The molecule has 0 saturated heterocycles. The third-order valence-electron chi connectivity index (χ3n) is 4.92. The molecule has 1 aliphatic heterocycles. The van der Waals surface area contributed by atoms with E-state index in [1.54, 1.807) is 13.1 Å². The van der Waals surface area contributed by atoms with E-state index in [0.29, 0.717) is 11.5 Å². The maximum atomic E-state index is 11.7. The molecule has 3 rings (SSSR count). The van der Waals surface area contributed by atoms with Gasteiger partial charge < -0.3 is 5.32 Å². The predicted octanol–water partition coefficient (Wildman–Crippen LogP) is 5.01. The molecule has 0 spiro atoms. The molecule has 1 N–H and O–H groups in total. The van der Waals surface area contributed by atoms with Crippen molar-refractivity contribution in [2.75, 3.05) is 0 Å². The van der Waals surface area contributed by atoms with Crippen LogP contribution in [0.3, 0.4) is 0 Å². The number of ketones is 1. The Labute approximate surface area is 167 Å². The summed E-state index contributed by atoms with van der Waals surface area (Å²) in [6.07, 6.45) is 9.52. The van der Waals surface area contributed by atoms with Gasteiger partial charge >= 0.3 is 0 Å². The van der Waals surface area contributed by atoms with Crippen LogP contribution in [0, 0.1) is 12.8 Å². The van der Waals surface area contributed by atoms with Gasteiger partial charge in [-0.3, -0.25) is 4.79 Å². The molecule has 2 heterocycles. The molecular formula is C24H27N3O. The van der Waals surface area contributed by atoms with Gasteiger partial charge in [-0.25, -0.2) is 9.97 Å². The van der Waals surface area contributed by atoms with Crippen molar-refractivity contribution >= 4 is 11.5 Å².